The third-order valence-corrected chi connectivity index (χ3v) is 2.89. The van der Waals surface area contributed by atoms with Crippen LogP contribution in [0.15, 0.2) is 18.2 Å². The number of aromatic nitrogens is 2. The minimum atomic E-state index is 0.618. The fourth-order valence-electron chi connectivity index (χ4n) is 1.57. The molecule has 0 bridgehead atoms. The molecular formula is C10H11ClN2OS. The molecule has 0 spiro atoms. The Labute approximate surface area is 97.6 Å². The lowest BCUT2D eigenvalue weighted by Crippen LogP contribution is -2.04. The zero-order chi connectivity index (χ0) is 10.8. The van der Waals surface area contributed by atoms with Crippen molar-refractivity contribution in [2.24, 2.45) is 0 Å². The second-order valence-electron chi connectivity index (χ2n) is 3.21. The number of H-pyrrole nitrogens is 1. The summed E-state index contributed by atoms with van der Waals surface area (Å²) in [5.74, 6) is 0. The zero-order valence-electron chi connectivity index (χ0n) is 8.29. The van der Waals surface area contributed by atoms with Gasteiger partial charge in [-0.15, -0.1) is 0 Å². The van der Waals surface area contributed by atoms with Crippen molar-refractivity contribution in [1.82, 2.24) is 9.55 Å². The van der Waals surface area contributed by atoms with Gasteiger partial charge < -0.3 is 14.3 Å². The Morgan fingerprint density at radius 2 is 2.33 bits per heavy atom. The van der Waals surface area contributed by atoms with Crippen molar-refractivity contribution in [1.29, 1.82) is 0 Å². The minimum absolute atomic E-state index is 0.618. The molecule has 0 aliphatic heterocycles. The van der Waals surface area contributed by atoms with E-state index in [-0.39, 0.29) is 0 Å². The highest BCUT2D eigenvalue weighted by molar-refractivity contribution is 7.71. The van der Waals surface area contributed by atoms with Crippen molar-refractivity contribution in [3.05, 3.63) is 28.0 Å². The molecule has 2 aromatic rings. The first-order valence-corrected chi connectivity index (χ1v) is 5.38. The van der Waals surface area contributed by atoms with Crippen LogP contribution >= 0.6 is 23.8 Å². The van der Waals surface area contributed by atoms with Crippen molar-refractivity contribution < 1.29 is 4.74 Å². The summed E-state index contributed by atoms with van der Waals surface area (Å²) >= 11 is 11.3. The Morgan fingerprint density at radius 3 is 3.07 bits per heavy atom. The fraction of sp³-hybridized carbons (Fsp3) is 0.300. The first-order chi connectivity index (χ1) is 7.24. The smallest absolute Gasteiger partial charge is 0.178 e. The average Bonchev–Trinajstić information content (AvgIpc) is 2.53. The van der Waals surface area contributed by atoms with Crippen LogP contribution in [0.5, 0.6) is 0 Å². The highest BCUT2D eigenvalue weighted by Crippen LogP contribution is 2.22. The third kappa shape index (κ3) is 1.93. The molecule has 80 valence electrons. The largest absolute Gasteiger partial charge is 0.383 e. The number of nitrogens with zero attached hydrogens (tertiary/aromatic N) is 1. The number of methoxy groups -OCH3 is 1. The molecular weight excluding hydrogens is 232 g/mol. The van der Waals surface area contributed by atoms with E-state index in [9.17, 15) is 0 Å². The summed E-state index contributed by atoms with van der Waals surface area (Å²) in [5.41, 5.74) is 1.91. The molecule has 0 fully saturated rings. The lowest BCUT2D eigenvalue weighted by Gasteiger charge is -2.04. The summed E-state index contributed by atoms with van der Waals surface area (Å²) in [7, 11) is 1.67. The number of ether oxygens (including phenoxy) is 1. The first kappa shape index (κ1) is 10.7. The van der Waals surface area contributed by atoms with Crippen LogP contribution in [0, 0.1) is 4.77 Å². The van der Waals surface area contributed by atoms with E-state index in [2.05, 4.69) is 4.98 Å². The van der Waals surface area contributed by atoms with Crippen molar-refractivity contribution >= 4 is 34.9 Å². The van der Waals surface area contributed by atoms with Crippen molar-refractivity contribution in [2.75, 3.05) is 13.7 Å². The summed E-state index contributed by atoms with van der Waals surface area (Å²) in [6, 6.07) is 5.72. The van der Waals surface area contributed by atoms with Crippen LogP contribution in [-0.2, 0) is 11.3 Å². The van der Waals surface area contributed by atoms with Crippen molar-refractivity contribution in [3.63, 3.8) is 0 Å². The Hall–Kier alpha value is -0.840. The number of imidazole rings is 1. The normalized spacial score (nSPS) is 11.1. The highest BCUT2D eigenvalue weighted by Gasteiger charge is 2.06. The van der Waals surface area contributed by atoms with Gasteiger partial charge in [0, 0.05) is 13.7 Å². The molecule has 5 heteroatoms. The van der Waals surface area contributed by atoms with Crippen LogP contribution in [0.4, 0.5) is 0 Å². The van der Waals surface area contributed by atoms with E-state index in [1.54, 1.807) is 7.11 Å². The maximum Gasteiger partial charge on any atom is 0.178 e. The summed E-state index contributed by atoms with van der Waals surface area (Å²) in [6.07, 6.45) is 0. The molecule has 15 heavy (non-hydrogen) atoms. The van der Waals surface area contributed by atoms with Gasteiger partial charge in [0.1, 0.15) is 0 Å². The Kier molecular flexibility index (Phi) is 3.09. The Morgan fingerprint density at radius 1 is 1.53 bits per heavy atom. The Bertz CT molecular complexity index is 532. The number of benzene rings is 1. The predicted molar refractivity (Wildman–Crippen MR) is 64.0 cm³/mol. The predicted octanol–water partition coefficient (Wildman–Crippen LogP) is 3.00. The summed E-state index contributed by atoms with van der Waals surface area (Å²) in [6.45, 7) is 1.32. The molecule has 0 atom stereocenters. The van der Waals surface area contributed by atoms with Crippen LogP contribution in [0.1, 0.15) is 0 Å². The van der Waals surface area contributed by atoms with E-state index in [1.165, 1.54) is 0 Å². The maximum atomic E-state index is 6.13. The van der Waals surface area contributed by atoms with E-state index >= 15 is 0 Å². The molecule has 0 aliphatic carbocycles. The van der Waals surface area contributed by atoms with Crippen LogP contribution in [0.3, 0.4) is 0 Å². The average molecular weight is 243 g/mol. The fourth-order valence-corrected chi connectivity index (χ4v) is 2.14. The second kappa shape index (κ2) is 4.35. The molecule has 0 aliphatic rings. The van der Waals surface area contributed by atoms with Crippen molar-refractivity contribution in [2.45, 2.75) is 6.54 Å². The number of hydrogen-bond donors (Lipinski definition) is 1. The van der Waals surface area contributed by atoms with Gasteiger partial charge in [-0.3, -0.25) is 0 Å². The molecule has 0 amide bonds. The molecule has 2 rings (SSSR count). The molecule has 1 heterocycles. The number of rotatable bonds is 3. The SMILES string of the molecule is COCCn1c(=S)[nH]c2cccc(Cl)c21. The molecule has 1 aromatic carbocycles. The van der Waals surface area contributed by atoms with Crippen molar-refractivity contribution in [3.8, 4) is 0 Å². The monoisotopic (exact) mass is 242 g/mol. The summed E-state index contributed by atoms with van der Waals surface area (Å²) in [5, 5.41) is 0.705. The van der Waals surface area contributed by atoms with Gasteiger partial charge in [0.05, 0.1) is 22.7 Å². The number of halogens is 1. The molecule has 1 aromatic heterocycles. The van der Waals surface area contributed by atoms with Gasteiger partial charge in [-0.05, 0) is 24.4 Å². The van der Waals surface area contributed by atoms with E-state index in [4.69, 9.17) is 28.6 Å². The van der Waals surface area contributed by atoms with E-state index in [1.807, 2.05) is 22.8 Å². The minimum Gasteiger partial charge on any atom is -0.383 e. The summed E-state index contributed by atoms with van der Waals surface area (Å²) < 4.78 is 7.67. The molecule has 0 saturated heterocycles. The third-order valence-electron chi connectivity index (χ3n) is 2.26. The number of para-hydroxylation sites is 1. The first-order valence-electron chi connectivity index (χ1n) is 4.60. The number of nitrogens with one attached hydrogen (secondary N) is 1. The van der Waals surface area contributed by atoms with Gasteiger partial charge in [0.25, 0.3) is 0 Å². The van der Waals surface area contributed by atoms with Gasteiger partial charge in [-0.2, -0.15) is 0 Å². The number of fused-ring (bicyclic) bond motifs is 1. The molecule has 1 N–H and O–H groups in total. The second-order valence-corrected chi connectivity index (χ2v) is 4.00. The number of hydrogen-bond acceptors (Lipinski definition) is 2. The van der Waals surface area contributed by atoms with E-state index < -0.39 is 0 Å². The van der Waals surface area contributed by atoms with E-state index in [0.29, 0.717) is 22.9 Å². The standard InChI is InChI=1S/C10H11ClN2OS/c1-14-6-5-13-9-7(11)3-2-4-8(9)12-10(13)15/h2-4H,5-6H2,1H3,(H,12,15). The molecule has 0 radical (unpaired) electrons. The summed E-state index contributed by atoms with van der Waals surface area (Å²) in [4.78, 5) is 3.11. The van der Waals surface area contributed by atoms with Gasteiger partial charge in [0.15, 0.2) is 4.77 Å². The van der Waals surface area contributed by atoms with E-state index in [0.717, 1.165) is 11.0 Å². The molecule has 3 nitrogen and oxygen atoms in total. The number of aromatic amines is 1. The van der Waals surface area contributed by atoms with Crippen LogP contribution in [0.25, 0.3) is 11.0 Å². The van der Waals surface area contributed by atoms with Gasteiger partial charge in [0.2, 0.25) is 0 Å². The molecule has 0 unspecified atom stereocenters. The van der Waals surface area contributed by atoms with Gasteiger partial charge in [-0.1, -0.05) is 17.7 Å². The molecule has 0 saturated carbocycles. The topological polar surface area (TPSA) is 29.9 Å². The quantitative estimate of drug-likeness (QED) is 0.839. The highest BCUT2D eigenvalue weighted by atomic mass is 35.5. The van der Waals surface area contributed by atoms with Gasteiger partial charge in [-0.25, -0.2) is 0 Å². The van der Waals surface area contributed by atoms with Crippen LogP contribution in [-0.4, -0.2) is 23.3 Å². The van der Waals surface area contributed by atoms with Gasteiger partial charge >= 0.3 is 0 Å². The lowest BCUT2D eigenvalue weighted by atomic mass is 10.3. The Balaban J connectivity index is 2.61. The zero-order valence-corrected chi connectivity index (χ0v) is 9.86. The maximum absolute atomic E-state index is 6.13. The van der Waals surface area contributed by atoms with Crippen LogP contribution in [0.2, 0.25) is 5.02 Å². The van der Waals surface area contributed by atoms with Crippen LogP contribution < -0.4 is 0 Å². The lowest BCUT2D eigenvalue weighted by molar-refractivity contribution is 0.188.